The second-order valence-corrected chi connectivity index (χ2v) is 9.19. The fourth-order valence-corrected chi connectivity index (χ4v) is 4.49. The van der Waals surface area contributed by atoms with Gasteiger partial charge in [0.1, 0.15) is 16.7 Å². The van der Waals surface area contributed by atoms with Gasteiger partial charge in [-0.3, -0.25) is 14.5 Å². The van der Waals surface area contributed by atoms with E-state index in [0.29, 0.717) is 41.9 Å². The third kappa shape index (κ3) is 5.80. The Morgan fingerprint density at radius 2 is 1.89 bits per heavy atom. The summed E-state index contributed by atoms with van der Waals surface area (Å²) in [5, 5.41) is 17.0. The summed E-state index contributed by atoms with van der Waals surface area (Å²) in [5.74, 6) is 0.486. The molecule has 192 valence electrons. The summed E-state index contributed by atoms with van der Waals surface area (Å²) in [6.45, 7) is 7.92. The second-order valence-electron chi connectivity index (χ2n) is 9.19. The van der Waals surface area contributed by atoms with Gasteiger partial charge in [0.25, 0.3) is 11.5 Å². The number of carbonyl (C=O) groups is 1. The smallest absolute Gasteiger partial charge is 0.280 e. The van der Waals surface area contributed by atoms with E-state index in [0.717, 1.165) is 31.5 Å². The summed E-state index contributed by atoms with van der Waals surface area (Å²) in [5.41, 5.74) is 7.40. The first-order valence-electron chi connectivity index (χ1n) is 12.4. The summed E-state index contributed by atoms with van der Waals surface area (Å²) in [6.07, 6.45) is 3.45. The van der Waals surface area contributed by atoms with Crippen LogP contribution in [0.15, 0.2) is 35.3 Å². The molecule has 0 bridgehead atoms. The minimum absolute atomic E-state index is 0.0159. The molecule has 2 aromatic heterocycles. The molecule has 11 nitrogen and oxygen atoms in total. The van der Waals surface area contributed by atoms with Gasteiger partial charge in [-0.15, -0.1) is 0 Å². The number of nitrogen functional groups attached to an aromatic ring is 1. The van der Waals surface area contributed by atoms with Gasteiger partial charge in [-0.05, 0) is 31.0 Å². The van der Waals surface area contributed by atoms with Crippen molar-refractivity contribution in [2.45, 2.75) is 39.3 Å². The SMILES string of the molecule is CCC[C@@H](C)Nc1nc(N)nc2cnn(Cc3ccc(C(=O)N4CCN(CCO)CC4)cc3)c(=O)c12. The maximum absolute atomic E-state index is 13.3. The van der Waals surface area contributed by atoms with Crippen LogP contribution in [0.2, 0.25) is 0 Å². The van der Waals surface area contributed by atoms with Gasteiger partial charge >= 0.3 is 0 Å². The second kappa shape index (κ2) is 11.4. The van der Waals surface area contributed by atoms with E-state index in [4.69, 9.17) is 10.8 Å². The number of nitrogens with one attached hydrogen (secondary N) is 1. The molecule has 1 fully saturated rings. The monoisotopic (exact) mass is 494 g/mol. The maximum atomic E-state index is 13.3. The van der Waals surface area contributed by atoms with Crippen LogP contribution >= 0.6 is 0 Å². The zero-order valence-corrected chi connectivity index (χ0v) is 20.9. The van der Waals surface area contributed by atoms with Crippen molar-refractivity contribution >= 4 is 28.6 Å². The number of anilines is 2. The molecule has 0 saturated carbocycles. The first-order chi connectivity index (χ1) is 17.4. The van der Waals surface area contributed by atoms with Gasteiger partial charge in [-0.1, -0.05) is 25.5 Å². The predicted octanol–water partition coefficient (Wildman–Crippen LogP) is 1.17. The van der Waals surface area contributed by atoms with Crippen molar-refractivity contribution in [3.05, 3.63) is 51.9 Å². The number of aromatic nitrogens is 4. The van der Waals surface area contributed by atoms with E-state index < -0.39 is 0 Å². The lowest BCUT2D eigenvalue weighted by Crippen LogP contribution is -2.49. The summed E-state index contributed by atoms with van der Waals surface area (Å²) in [6, 6.07) is 7.38. The van der Waals surface area contributed by atoms with E-state index in [9.17, 15) is 9.59 Å². The highest BCUT2D eigenvalue weighted by Crippen LogP contribution is 2.19. The van der Waals surface area contributed by atoms with Gasteiger partial charge < -0.3 is 21.1 Å². The van der Waals surface area contributed by atoms with Gasteiger partial charge in [0.05, 0.1) is 19.3 Å². The number of aliphatic hydroxyl groups is 1. The number of hydrogen-bond acceptors (Lipinski definition) is 9. The molecule has 1 saturated heterocycles. The van der Waals surface area contributed by atoms with E-state index in [2.05, 4.69) is 32.2 Å². The van der Waals surface area contributed by atoms with Crippen molar-refractivity contribution in [2.24, 2.45) is 0 Å². The van der Waals surface area contributed by atoms with Crippen LogP contribution in [0, 0.1) is 0 Å². The third-order valence-corrected chi connectivity index (χ3v) is 6.44. The highest BCUT2D eigenvalue weighted by atomic mass is 16.3. The topological polar surface area (TPSA) is 142 Å². The fourth-order valence-electron chi connectivity index (χ4n) is 4.49. The first kappa shape index (κ1) is 25.5. The van der Waals surface area contributed by atoms with Crippen LogP contribution in [0.5, 0.6) is 0 Å². The van der Waals surface area contributed by atoms with Crippen molar-refractivity contribution < 1.29 is 9.90 Å². The lowest BCUT2D eigenvalue weighted by molar-refractivity contribution is 0.0615. The molecule has 0 aliphatic carbocycles. The number of aliphatic hydroxyl groups excluding tert-OH is 1. The van der Waals surface area contributed by atoms with Gasteiger partial charge in [0.15, 0.2) is 0 Å². The Balaban J connectivity index is 1.50. The molecule has 1 aliphatic heterocycles. The van der Waals surface area contributed by atoms with E-state index >= 15 is 0 Å². The lowest BCUT2D eigenvalue weighted by atomic mass is 10.1. The Hall–Kier alpha value is -3.57. The number of nitrogens with two attached hydrogens (primary N) is 1. The maximum Gasteiger partial charge on any atom is 0.280 e. The summed E-state index contributed by atoms with van der Waals surface area (Å²) in [4.78, 5) is 38.6. The fraction of sp³-hybridized carbons (Fsp3) is 0.480. The molecule has 11 heteroatoms. The van der Waals surface area contributed by atoms with E-state index in [1.54, 1.807) is 12.1 Å². The molecule has 1 aromatic carbocycles. The third-order valence-electron chi connectivity index (χ3n) is 6.44. The Bertz CT molecular complexity index is 1250. The van der Waals surface area contributed by atoms with E-state index in [1.807, 2.05) is 24.0 Å². The van der Waals surface area contributed by atoms with Crippen molar-refractivity contribution in [3.8, 4) is 0 Å². The highest BCUT2D eigenvalue weighted by Gasteiger charge is 2.22. The predicted molar refractivity (Wildman–Crippen MR) is 139 cm³/mol. The summed E-state index contributed by atoms with van der Waals surface area (Å²) >= 11 is 0. The number of amides is 1. The van der Waals surface area contributed by atoms with Gasteiger partial charge in [0.2, 0.25) is 5.95 Å². The molecule has 4 N–H and O–H groups in total. The van der Waals surface area contributed by atoms with Crippen LogP contribution in [0.1, 0.15) is 42.6 Å². The van der Waals surface area contributed by atoms with Crippen molar-refractivity contribution in [3.63, 3.8) is 0 Å². The number of rotatable bonds is 9. The highest BCUT2D eigenvalue weighted by molar-refractivity contribution is 5.94. The number of benzene rings is 1. The van der Waals surface area contributed by atoms with Crippen LogP contribution in [-0.2, 0) is 6.54 Å². The standard InChI is InChI=1S/C25H34N8O3/c1-3-4-17(2)28-22-21-20(29-25(26)30-22)15-27-33(24(21)36)16-18-5-7-19(8-6-18)23(35)32-11-9-31(10-12-32)13-14-34/h5-8,15,17,34H,3-4,9-14,16H2,1-2H3,(H3,26,28,29,30)/t17-/m1/s1. The average molecular weight is 495 g/mol. The molecule has 1 atom stereocenters. The minimum atomic E-state index is -0.306. The quantitative estimate of drug-likeness (QED) is 0.399. The zero-order valence-electron chi connectivity index (χ0n) is 20.9. The van der Waals surface area contributed by atoms with Crippen LogP contribution in [0.25, 0.3) is 10.9 Å². The molecule has 1 aliphatic rings. The Labute approximate surface area is 209 Å². The van der Waals surface area contributed by atoms with Crippen LogP contribution in [0.3, 0.4) is 0 Å². The summed E-state index contributed by atoms with van der Waals surface area (Å²) in [7, 11) is 0. The number of fused-ring (bicyclic) bond motifs is 1. The van der Waals surface area contributed by atoms with Gasteiger partial charge in [-0.2, -0.15) is 10.1 Å². The number of carbonyl (C=O) groups excluding carboxylic acids is 1. The molecular formula is C25H34N8O3. The van der Waals surface area contributed by atoms with Crippen LogP contribution in [-0.4, -0.2) is 85.9 Å². The molecule has 0 spiro atoms. The van der Waals surface area contributed by atoms with E-state index in [1.165, 1.54) is 10.9 Å². The van der Waals surface area contributed by atoms with E-state index in [-0.39, 0.29) is 36.6 Å². The summed E-state index contributed by atoms with van der Waals surface area (Å²) < 4.78 is 1.37. The Morgan fingerprint density at radius 3 is 2.56 bits per heavy atom. The number of piperazine rings is 1. The zero-order chi connectivity index (χ0) is 25.7. The van der Waals surface area contributed by atoms with Crippen molar-refractivity contribution in [2.75, 3.05) is 50.4 Å². The van der Waals surface area contributed by atoms with Crippen molar-refractivity contribution in [1.82, 2.24) is 29.5 Å². The Kier molecular flexibility index (Phi) is 8.11. The molecule has 0 unspecified atom stereocenters. The minimum Gasteiger partial charge on any atom is -0.395 e. The molecule has 3 heterocycles. The van der Waals surface area contributed by atoms with Gasteiger partial charge in [0, 0.05) is 44.3 Å². The van der Waals surface area contributed by atoms with Crippen LogP contribution < -0.4 is 16.6 Å². The van der Waals surface area contributed by atoms with Crippen LogP contribution in [0.4, 0.5) is 11.8 Å². The first-order valence-corrected chi connectivity index (χ1v) is 12.4. The number of hydrogen-bond donors (Lipinski definition) is 3. The number of β-amino-alcohol motifs (C(OH)–C–C–N with tert-alkyl or cyclic N) is 1. The molecule has 36 heavy (non-hydrogen) atoms. The average Bonchev–Trinajstić information content (AvgIpc) is 2.86. The molecule has 4 rings (SSSR count). The molecule has 3 aromatic rings. The molecule has 1 amide bonds. The molecule has 0 radical (unpaired) electrons. The normalized spacial score (nSPS) is 15.2. The largest absolute Gasteiger partial charge is 0.395 e. The number of nitrogens with zero attached hydrogens (tertiary/aromatic N) is 6. The van der Waals surface area contributed by atoms with Gasteiger partial charge in [-0.25, -0.2) is 9.67 Å². The van der Waals surface area contributed by atoms with Crippen molar-refractivity contribution in [1.29, 1.82) is 0 Å². The Morgan fingerprint density at radius 1 is 1.17 bits per heavy atom. The molecular weight excluding hydrogens is 460 g/mol. The lowest BCUT2D eigenvalue weighted by Gasteiger charge is -2.34.